The highest BCUT2D eigenvalue weighted by Crippen LogP contribution is 1.96. The third-order valence-electron chi connectivity index (χ3n) is 1.43. The van der Waals surface area contributed by atoms with Gasteiger partial charge in [-0.25, -0.2) is 0 Å². The van der Waals surface area contributed by atoms with Crippen LogP contribution in [0.5, 0.6) is 0 Å². The topological polar surface area (TPSA) is 26.0 Å². The predicted molar refractivity (Wildman–Crippen MR) is 51.2 cm³/mol. The van der Waals surface area contributed by atoms with Gasteiger partial charge in [-0.15, -0.1) is 0 Å². The number of allylic oxidation sites excluding steroid dienone is 3. The highest BCUT2D eigenvalue weighted by atomic mass is 14.5. The summed E-state index contributed by atoms with van der Waals surface area (Å²) in [6.07, 6.45) is 10.8. The van der Waals surface area contributed by atoms with Crippen LogP contribution in [0, 0.1) is 0 Å². The molecule has 2 N–H and O–H groups in total. The monoisotopic (exact) mass is 153 g/mol. The summed E-state index contributed by atoms with van der Waals surface area (Å²) in [6.45, 7) is 4.32. The van der Waals surface area contributed by atoms with E-state index in [1.54, 1.807) is 0 Å². The molecule has 0 fully saturated rings. The maximum atomic E-state index is 5.67. The predicted octanol–water partition coefficient (Wildman–Crippen LogP) is 2.99. The van der Waals surface area contributed by atoms with E-state index < -0.39 is 0 Å². The second-order valence-corrected chi connectivity index (χ2v) is 2.68. The minimum atomic E-state index is 0.903. The van der Waals surface area contributed by atoms with Crippen LogP contribution in [0.3, 0.4) is 0 Å². The largest absolute Gasteiger partial charge is 0.399 e. The highest BCUT2D eigenvalue weighted by Gasteiger charge is 1.80. The van der Waals surface area contributed by atoms with E-state index in [1.165, 1.54) is 12.8 Å². The van der Waals surface area contributed by atoms with Gasteiger partial charge >= 0.3 is 0 Å². The molecule has 0 heterocycles. The van der Waals surface area contributed by atoms with Gasteiger partial charge in [-0.2, -0.15) is 0 Å². The molecule has 64 valence electrons. The Balaban J connectivity index is 3.56. The van der Waals surface area contributed by atoms with Crippen molar-refractivity contribution in [2.24, 2.45) is 5.73 Å². The summed E-state index contributed by atoms with van der Waals surface area (Å²) in [7, 11) is 0. The average molecular weight is 153 g/mol. The molecule has 0 aliphatic rings. The molecule has 0 saturated heterocycles. The summed E-state index contributed by atoms with van der Waals surface area (Å²) >= 11 is 0. The van der Waals surface area contributed by atoms with Crippen LogP contribution in [0.1, 0.15) is 39.5 Å². The van der Waals surface area contributed by atoms with Crippen LogP contribution in [0.4, 0.5) is 0 Å². The van der Waals surface area contributed by atoms with E-state index in [1.807, 2.05) is 6.08 Å². The molecule has 0 radical (unpaired) electrons. The van der Waals surface area contributed by atoms with Crippen LogP contribution in [0.25, 0.3) is 0 Å². The van der Waals surface area contributed by atoms with Crippen LogP contribution in [-0.4, -0.2) is 0 Å². The molecule has 0 aliphatic heterocycles. The quantitative estimate of drug-likeness (QED) is 0.604. The van der Waals surface area contributed by atoms with Gasteiger partial charge in [0.25, 0.3) is 0 Å². The van der Waals surface area contributed by atoms with E-state index in [2.05, 4.69) is 26.0 Å². The van der Waals surface area contributed by atoms with E-state index in [0.717, 1.165) is 18.5 Å². The molecule has 0 aromatic heterocycles. The fourth-order valence-corrected chi connectivity index (χ4v) is 0.765. The fraction of sp³-hybridized carbons (Fsp3) is 0.600. The first-order valence-corrected chi connectivity index (χ1v) is 4.43. The number of hydrogen-bond donors (Lipinski definition) is 1. The van der Waals surface area contributed by atoms with Crippen molar-refractivity contribution in [3.63, 3.8) is 0 Å². The summed E-state index contributed by atoms with van der Waals surface area (Å²) in [4.78, 5) is 0. The van der Waals surface area contributed by atoms with Crippen LogP contribution < -0.4 is 5.73 Å². The molecule has 0 saturated carbocycles. The summed E-state index contributed by atoms with van der Waals surface area (Å²) in [5.74, 6) is 0. The normalized spacial score (nSPS) is 12.7. The lowest BCUT2D eigenvalue weighted by Gasteiger charge is -1.91. The Bertz CT molecular complexity index is 134. The van der Waals surface area contributed by atoms with Crippen LogP contribution in [0.2, 0.25) is 0 Å². The van der Waals surface area contributed by atoms with Gasteiger partial charge in [-0.05, 0) is 18.9 Å². The second-order valence-electron chi connectivity index (χ2n) is 2.68. The van der Waals surface area contributed by atoms with Crippen LogP contribution in [0.15, 0.2) is 23.9 Å². The molecule has 0 unspecified atom stereocenters. The van der Waals surface area contributed by atoms with E-state index >= 15 is 0 Å². The standard InChI is InChI=1S/C10H19N/c1-3-5-7-9-10(11)8-6-4-2/h7-9H,3-6,11H2,1-2H3/b9-7-,10-8-. The van der Waals surface area contributed by atoms with Crippen molar-refractivity contribution in [3.8, 4) is 0 Å². The second kappa shape index (κ2) is 7.39. The van der Waals surface area contributed by atoms with Gasteiger partial charge < -0.3 is 5.73 Å². The van der Waals surface area contributed by atoms with E-state index in [4.69, 9.17) is 5.73 Å². The third-order valence-corrected chi connectivity index (χ3v) is 1.43. The zero-order chi connectivity index (χ0) is 8.53. The molecule has 0 amide bonds. The van der Waals surface area contributed by atoms with Gasteiger partial charge in [0.05, 0.1) is 0 Å². The Hall–Kier alpha value is -0.720. The Labute approximate surface area is 70.0 Å². The van der Waals surface area contributed by atoms with E-state index in [9.17, 15) is 0 Å². The zero-order valence-corrected chi connectivity index (χ0v) is 7.64. The molecule has 0 bridgehead atoms. The van der Waals surface area contributed by atoms with E-state index in [0.29, 0.717) is 0 Å². The van der Waals surface area contributed by atoms with Gasteiger partial charge in [-0.3, -0.25) is 0 Å². The first-order chi connectivity index (χ1) is 5.31. The molecular formula is C10H19N. The molecule has 0 aliphatic carbocycles. The zero-order valence-electron chi connectivity index (χ0n) is 7.64. The summed E-state index contributed by atoms with van der Waals surface area (Å²) in [5, 5.41) is 0. The molecule has 1 heteroatoms. The SMILES string of the molecule is CCC/C=C\C(N)=C\CCC. The summed E-state index contributed by atoms with van der Waals surface area (Å²) < 4.78 is 0. The van der Waals surface area contributed by atoms with Gasteiger partial charge in [0.1, 0.15) is 0 Å². The third kappa shape index (κ3) is 7.17. The maximum Gasteiger partial charge on any atom is 0.0270 e. The molecule has 0 atom stereocenters. The smallest absolute Gasteiger partial charge is 0.0270 e. The van der Waals surface area contributed by atoms with Gasteiger partial charge in [0, 0.05) is 5.70 Å². The molecule has 11 heavy (non-hydrogen) atoms. The van der Waals surface area contributed by atoms with Crippen LogP contribution in [-0.2, 0) is 0 Å². The number of rotatable bonds is 5. The number of unbranched alkanes of at least 4 members (excludes halogenated alkanes) is 2. The minimum Gasteiger partial charge on any atom is -0.399 e. The van der Waals surface area contributed by atoms with Gasteiger partial charge in [0.2, 0.25) is 0 Å². The number of hydrogen-bond acceptors (Lipinski definition) is 1. The molecule has 0 aromatic carbocycles. The lowest BCUT2D eigenvalue weighted by atomic mass is 10.2. The average Bonchev–Trinajstić information content (AvgIpc) is 2.01. The Morgan fingerprint density at radius 1 is 1.18 bits per heavy atom. The molecule has 1 nitrogen and oxygen atoms in total. The van der Waals surface area contributed by atoms with Crippen LogP contribution >= 0.6 is 0 Å². The lowest BCUT2D eigenvalue weighted by Crippen LogP contribution is -1.91. The van der Waals surface area contributed by atoms with Crippen molar-refractivity contribution in [1.82, 2.24) is 0 Å². The van der Waals surface area contributed by atoms with E-state index in [-0.39, 0.29) is 0 Å². The molecular weight excluding hydrogens is 134 g/mol. The Kier molecular flexibility index (Phi) is 6.90. The van der Waals surface area contributed by atoms with Gasteiger partial charge in [-0.1, -0.05) is 38.8 Å². The maximum absolute atomic E-state index is 5.67. The van der Waals surface area contributed by atoms with Crippen molar-refractivity contribution in [3.05, 3.63) is 23.9 Å². The van der Waals surface area contributed by atoms with Crippen molar-refractivity contribution in [1.29, 1.82) is 0 Å². The Morgan fingerprint density at radius 3 is 2.36 bits per heavy atom. The van der Waals surface area contributed by atoms with Crippen molar-refractivity contribution < 1.29 is 0 Å². The first-order valence-electron chi connectivity index (χ1n) is 4.43. The Morgan fingerprint density at radius 2 is 1.82 bits per heavy atom. The number of nitrogens with two attached hydrogens (primary N) is 1. The minimum absolute atomic E-state index is 0.903. The highest BCUT2D eigenvalue weighted by molar-refractivity contribution is 5.14. The first kappa shape index (κ1) is 10.3. The summed E-state index contributed by atoms with van der Waals surface area (Å²) in [5.41, 5.74) is 6.58. The molecule has 0 aromatic rings. The fourth-order valence-electron chi connectivity index (χ4n) is 0.765. The van der Waals surface area contributed by atoms with Crippen molar-refractivity contribution >= 4 is 0 Å². The molecule has 0 spiro atoms. The van der Waals surface area contributed by atoms with Crippen molar-refractivity contribution in [2.75, 3.05) is 0 Å². The van der Waals surface area contributed by atoms with Gasteiger partial charge in [0.15, 0.2) is 0 Å². The summed E-state index contributed by atoms with van der Waals surface area (Å²) in [6, 6.07) is 0. The lowest BCUT2D eigenvalue weighted by molar-refractivity contribution is 0.944. The van der Waals surface area contributed by atoms with Crippen molar-refractivity contribution in [2.45, 2.75) is 39.5 Å². The molecule has 0 rings (SSSR count).